The second kappa shape index (κ2) is 7.21. The number of hydrogen-bond acceptors (Lipinski definition) is 5. The zero-order valence-electron chi connectivity index (χ0n) is 13.8. The first-order chi connectivity index (χ1) is 11.1. The van der Waals surface area contributed by atoms with Crippen molar-refractivity contribution in [2.75, 3.05) is 26.2 Å². The highest BCUT2D eigenvalue weighted by molar-refractivity contribution is 5.28. The van der Waals surface area contributed by atoms with Crippen LogP contribution >= 0.6 is 0 Å². The average molecular weight is 315 g/mol. The number of β-amino-alcohol motifs (C(OH)–C–C–N with tert-alkyl or cyclic N) is 1. The summed E-state index contributed by atoms with van der Waals surface area (Å²) in [4.78, 5) is 6.44. The number of nitrogens with zero attached hydrogens (tertiary/aromatic N) is 5. The highest BCUT2D eigenvalue weighted by Gasteiger charge is 2.24. The van der Waals surface area contributed by atoms with Gasteiger partial charge in [0.05, 0.1) is 23.7 Å². The first-order valence-electron chi connectivity index (χ1n) is 8.23. The molecule has 3 rings (SSSR count). The molecule has 2 heterocycles. The van der Waals surface area contributed by atoms with Crippen LogP contribution in [0.1, 0.15) is 19.5 Å². The van der Waals surface area contributed by atoms with Crippen LogP contribution in [-0.2, 0) is 6.54 Å². The standard InChI is InChI=1S/C17H25N5O/c1-14-11-20(8-9-21(14)12-15(2)23)13-16-10-18-22(19-16)17-6-4-3-5-7-17/h3-7,10,14-15,23H,8-9,11-13H2,1-2H3/t14-,15-/m0/s1. The Kier molecular flexibility index (Phi) is 5.05. The van der Waals surface area contributed by atoms with Crippen LogP contribution in [0.2, 0.25) is 0 Å². The molecule has 1 aromatic carbocycles. The van der Waals surface area contributed by atoms with Gasteiger partial charge in [-0.15, -0.1) is 0 Å². The molecule has 0 bridgehead atoms. The molecule has 6 nitrogen and oxygen atoms in total. The molecule has 1 aliphatic heterocycles. The maximum absolute atomic E-state index is 9.56. The van der Waals surface area contributed by atoms with E-state index in [1.807, 2.05) is 43.5 Å². The first kappa shape index (κ1) is 16.1. The van der Waals surface area contributed by atoms with E-state index >= 15 is 0 Å². The van der Waals surface area contributed by atoms with Crippen LogP contribution in [0.5, 0.6) is 0 Å². The molecular formula is C17H25N5O. The normalized spacial score (nSPS) is 21.4. The van der Waals surface area contributed by atoms with Gasteiger partial charge in [0.15, 0.2) is 0 Å². The van der Waals surface area contributed by atoms with E-state index in [1.54, 1.807) is 4.80 Å². The predicted octanol–water partition coefficient (Wildman–Crippen LogP) is 1.15. The van der Waals surface area contributed by atoms with Gasteiger partial charge in [0, 0.05) is 38.8 Å². The molecule has 1 aromatic heterocycles. The predicted molar refractivity (Wildman–Crippen MR) is 89.4 cm³/mol. The molecule has 1 fully saturated rings. The van der Waals surface area contributed by atoms with E-state index < -0.39 is 0 Å². The minimum absolute atomic E-state index is 0.269. The summed E-state index contributed by atoms with van der Waals surface area (Å²) in [6.45, 7) is 8.61. The first-order valence-corrected chi connectivity index (χ1v) is 8.23. The molecule has 23 heavy (non-hydrogen) atoms. The monoisotopic (exact) mass is 315 g/mol. The van der Waals surface area contributed by atoms with Gasteiger partial charge >= 0.3 is 0 Å². The molecule has 1 aliphatic rings. The van der Waals surface area contributed by atoms with E-state index in [0.29, 0.717) is 6.04 Å². The van der Waals surface area contributed by atoms with Crippen molar-refractivity contribution in [3.8, 4) is 5.69 Å². The van der Waals surface area contributed by atoms with E-state index in [0.717, 1.165) is 44.1 Å². The fourth-order valence-electron chi connectivity index (χ4n) is 3.11. The third-order valence-electron chi connectivity index (χ3n) is 4.26. The summed E-state index contributed by atoms with van der Waals surface area (Å²) in [5, 5.41) is 18.5. The van der Waals surface area contributed by atoms with E-state index in [1.165, 1.54) is 0 Å². The SMILES string of the molecule is C[C@H](O)CN1CCN(Cc2cnn(-c3ccccc3)n2)C[C@@H]1C. The summed E-state index contributed by atoms with van der Waals surface area (Å²) in [7, 11) is 0. The van der Waals surface area contributed by atoms with Gasteiger partial charge in [-0.2, -0.15) is 15.0 Å². The summed E-state index contributed by atoms with van der Waals surface area (Å²) in [6.07, 6.45) is 1.58. The van der Waals surface area contributed by atoms with Crippen molar-refractivity contribution >= 4 is 0 Å². The molecule has 6 heteroatoms. The van der Waals surface area contributed by atoms with Crippen molar-refractivity contribution in [1.82, 2.24) is 24.8 Å². The minimum Gasteiger partial charge on any atom is -0.392 e. The molecule has 0 aliphatic carbocycles. The molecule has 2 atom stereocenters. The molecule has 1 saturated heterocycles. The number of benzene rings is 1. The lowest BCUT2D eigenvalue weighted by Gasteiger charge is -2.40. The molecule has 0 saturated carbocycles. The number of aromatic nitrogens is 3. The summed E-state index contributed by atoms with van der Waals surface area (Å²) in [5.74, 6) is 0. The summed E-state index contributed by atoms with van der Waals surface area (Å²) in [5.41, 5.74) is 1.97. The zero-order chi connectivity index (χ0) is 16.2. The average Bonchev–Trinajstić information content (AvgIpc) is 2.99. The van der Waals surface area contributed by atoms with Crippen LogP contribution in [0.3, 0.4) is 0 Å². The van der Waals surface area contributed by atoms with Crippen LogP contribution in [0, 0.1) is 0 Å². The number of piperazine rings is 1. The molecule has 124 valence electrons. The zero-order valence-corrected chi connectivity index (χ0v) is 13.8. The fraction of sp³-hybridized carbons (Fsp3) is 0.529. The Bertz CT molecular complexity index is 612. The van der Waals surface area contributed by atoms with Crippen molar-refractivity contribution in [2.45, 2.75) is 32.5 Å². The van der Waals surface area contributed by atoms with Crippen LogP contribution in [0.4, 0.5) is 0 Å². The Morgan fingerprint density at radius 3 is 2.74 bits per heavy atom. The van der Waals surface area contributed by atoms with Crippen molar-refractivity contribution in [2.24, 2.45) is 0 Å². The Balaban J connectivity index is 1.58. The third-order valence-corrected chi connectivity index (χ3v) is 4.26. The van der Waals surface area contributed by atoms with Crippen molar-refractivity contribution in [1.29, 1.82) is 0 Å². The molecule has 0 amide bonds. The largest absolute Gasteiger partial charge is 0.392 e. The molecule has 1 N–H and O–H groups in total. The Labute approximate surface area is 137 Å². The van der Waals surface area contributed by atoms with Gasteiger partial charge in [0.2, 0.25) is 0 Å². The number of hydrogen-bond donors (Lipinski definition) is 1. The molecule has 0 unspecified atom stereocenters. The van der Waals surface area contributed by atoms with Crippen molar-refractivity contribution < 1.29 is 5.11 Å². The smallest absolute Gasteiger partial charge is 0.0971 e. The molecule has 0 radical (unpaired) electrons. The highest BCUT2D eigenvalue weighted by atomic mass is 16.3. The lowest BCUT2D eigenvalue weighted by molar-refractivity contribution is 0.0418. The molecular weight excluding hydrogens is 290 g/mol. The van der Waals surface area contributed by atoms with Gasteiger partial charge in [0.25, 0.3) is 0 Å². The Hall–Kier alpha value is -1.76. The number of para-hydroxylation sites is 1. The Morgan fingerprint density at radius 2 is 2.04 bits per heavy atom. The number of aliphatic hydroxyl groups excluding tert-OH is 1. The number of rotatable bonds is 5. The van der Waals surface area contributed by atoms with E-state index in [-0.39, 0.29) is 6.10 Å². The van der Waals surface area contributed by atoms with Gasteiger partial charge in [-0.05, 0) is 26.0 Å². The van der Waals surface area contributed by atoms with E-state index in [4.69, 9.17) is 0 Å². The molecule has 0 spiro atoms. The molecule has 2 aromatic rings. The maximum atomic E-state index is 9.56. The van der Waals surface area contributed by atoms with Crippen LogP contribution in [-0.4, -0.2) is 68.2 Å². The van der Waals surface area contributed by atoms with Gasteiger partial charge in [-0.1, -0.05) is 18.2 Å². The van der Waals surface area contributed by atoms with Gasteiger partial charge in [0.1, 0.15) is 0 Å². The topological polar surface area (TPSA) is 57.4 Å². The summed E-state index contributed by atoms with van der Waals surface area (Å²) < 4.78 is 0. The van der Waals surface area contributed by atoms with Crippen LogP contribution < -0.4 is 0 Å². The Morgan fingerprint density at radius 1 is 1.26 bits per heavy atom. The lowest BCUT2D eigenvalue weighted by Crippen LogP contribution is -2.53. The van der Waals surface area contributed by atoms with Gasteiger partial charge < -0.3 is 5.11 Å². The van der Waals surface area contributed by atoms with Crippen molar-refractivity contribution in [3.63, 3.8) is 0 Å². The third kappa shape index (κ3) is 4.16. The van der Waals surface area contributed by atoms with E-state index in [2.05, 4.69) is 26.9 Å². The lowest BCUT2D eigenvalue weighted by atomic mass is 10.1. The second-order valence-corrected chi connectivity index (χ2v) is 6.39. The van der Waals surface area contributed by atoms with Crippen molar-refractivity contribution in [3.05, 3.63) is 42.2 Å². The van der Waals surface area contributed by atoms with Gasteiger partial charge in [-0.3, -0.25) is 9.80 Å². The van der Waals surface area contributed by atoms with E-state index in [9.17, 15) is 5.11 Å². The maximum Gasteiger partial charge on any atom is 0.0971 e. The summed E-state index contributed by atoms with van der Waals surface area (Å²) >= 11 is 0. The fourth-order valence-corrected chi connectivity index (χ4v) is 3.11. The van der Waals surface area contributed by atoms with Crippen LogP contribution in [0.15, 0.2) is 36.5 Å². The quantitative estimate of drug-likeness (QED) is 0.897. The minimum atomic E-state index is -0.269. The van der Waals surface area contributed by atoms with Crippen LogP contribution in [0.25, 0.3) is 5.69 Å². The van der Waals surface area contributed by atoms with Gasteiger partial charge in [-0.25, -0.2) is 0 Å². The number of aliphatic hydroxyl groups is 1. The summed E-state index contributed by atoms with van der Waals surface area (Å²) in [6, 6.07) is 10.4. The highest BCUT2D eigenvalue weighted by Crippen LogP contribution is 2.13. The second-order valence-electron chi connectivity index (χ2n) is 6.39.